The lowest BCUT2D eigenvalue weighted by Gasteiger charge is -2.18. The highest BCUT2D eigenvalue weighted by Gasteiger charge is 2.19. The summed E-state index contributed by atoms with van der Waals surface area (Å²) in [6.07, 6.45) is 56.7. The van der Waals surface area contributed by atoms with Crippen LogP contribution in [0.4, 0.5) is 0 Å². The predicted molar refractivity (Wildman–Crippen MR) is 275 cm³/mol. The number of hydrogen-bond donors (Lipinski definition) is 0. The van der Waals surface area contributed by atoms with E-state index in [1.807, 2.05) is 0 Å². The van der Waals surface area contributed by atoms with E-state index in [-0.39, 0.29) is 31.1 Å². The second-order valence-electron chi connectivity index (χ2n) is 20.2. The minimum absolute atomic E-state index is 0.0621. The van der Waals surface area contributed by atoms with Crippen molar-refractivity contribution in [3.63, 3.8) is 0 Å². The van der Waals surface area contributed by atoms with Gasteiger partial charge in [0.25, 0.3) is 0 Å². The second-order valence-corrected chi connectivity index (χ2v) is 20.2. The molecule has 0 N–H and O–H groups in total. The summed E-state index contributed by atoms with van der Waals surface area (Å²) in [6.45, 7) is 9.08. The van der Waals surface area contributed by atoms with Crippen molar-refractivity contribution in [3.8, 4) is 0 Å². The van der Waals surface area contributed by atoms with E-state index in [2.05, 4.69) is 27.7 Å². The van der Waals surface area contributed by atoms with E-state index >= 15 is 0 Å². The highest BCUT2D eigenvalue weighted by molar-refractivity contribution is 5.71. The molecule has 0 bridgehead atoms. The van der Waals surface area contributed by atoms with Gasteiger partial charge in [0.15, 0.2) is 6.10 Å². The number of hydrogen-bond acceptors (Lipinski definition) is 6. The van der Waals surface area contributed by atoms with Crippen molar-refractivity contribution in [1.82, 2.24) is 0 Å². The Morgan fingerprint density at radius 2 is 0.547 bits per heavy atom. The van der Waals surface area contributed by atoms with Crippen molar-refractivity contribution in [2.45, 2.75) is 336 Å². The van der Waals surface area contributed by atoms with Crippen molar-refractivity contribution >= 4 is 17.9 Å². The molecule has 0 rings (SSSR count). The Kier molecular flexibility index (Phi) is 51.1. The Morgan fingerprint density at radius 1 is 0.312 bits per heavy atom. The zero-order valence-electron chi connectivity index (χ0n) is 43.8. The van der Waals surface area contributed by atoms with Crippen LogP contribution in [0, 0.1) is 5.92 Å². The summed E-state index contributed by atoms with van der Waals surface area (Å²) >= 11 is 0. The van der Waals surface area contributed by atoms with Crippen LogP contribution in [0.15, 0.2) is 0 Å². The van der Waals surface area contributed by atoms with Gasteiger partial charge < -0.3 is 14.2 Å². The van der Waals surface area contributed by atoms with Crippen molar-refractivity contribution < 1.29 is 28.6 Å². The Hall–Kier alpha value is -1.59. The van der Waals surface area contributed by atoms with Crippen molar-refractivity contribution in [2.24, 2.45) is 5.92 Å². The summed E-state index contributed by atoms with van der Waals surface area (Å²) in [5.41, 5.74) is 0. The zero-order chi connectivity index (χ0) is 46.7. The van der Waals surface area contributed by atoms with Gasteiger partial charge in [-0.2, -0.15) is 0 Å². The predicted octanol–water partition coefficient (Wildman–Crippen LogP) is 19.0. The van der Waals surface area contributed by atoms with Crippen LogP contribution in [0.5, 0.6) is 0 Å². The summed E-state index contributed by atoms with van der Waals surface area (Å²) in [7, 11) is 0. The highest BCUT2D eigenvalue weighted by Crippen LogP contribution is 2.18. The van der Waals surface area contributed by atoms with E-state index in [0.29, 0.717) is 19.3 Å². The molecule has 0 spiro atoms. The van der Waals surface area contributed by atoms with E-state index < -0.39 is 6.10 Å². The lowest BCUT2D eigenvalue weighted by Crippen LogP contribution is -2.30. The van der Waals surface area contributed by atoms with Gasteiger partial charge in [-0.3, -0.25) is 14.4 Å². The van der Waals surface area contributed by atoms with E-state index in [9.17, 15) is 14.4 Å². The molecule has 6 nitrogen and oxygen atoms in total. The van der Waals surface area contributed by atoms with Gasteiger partial charge in [-0.25, -0.2) is 0 Å². The zero-order valence-corrected chi connectivity index (χ0v) is 43.8. The maximum Gasteiger partial charge on any atom is 0.306 e. The first kappa shape index (κ1) is 62.4. The standard InChI is InChI=1S/C58H112O6/c1-5-8-10-12-14-16-17-18-19-20-21-22-23-27-30-34-38-42-46-50-57(60)63-53-55(52-62-56(59)49-45-41-37-32-15-13-11-9-6-2)64-58(61)51-47-43-39-35-31-28-25-24-26-29-33-36-40-44-48-54(4)7-3/h54-55H,5-53H2,1-4H3/t54?,55-/m0/s1. The number of esters is 3. The monoisotopic (exact) mass is 905 g/mol. The molecule has 0 aliphatic carbocycles. The van der Waals surface area contributed by atoms with Crippen molar-refractivity contribution in [3.05, 3.63) is 0 Å². The lowest BCUT2D eigenvalue weighted by molar-refractivity contribution is -0.167. The molecule has 0 amide bonds. The molecule has 0 aromatic carbocycles. The molecule has 2 atom stereocenters. The van der Waals surface area contributed by atoms with Gasteiger partial charge in [-0.05, 0) is 25.2 Å². The fraction of sp³-hybridized carbons (Fsp3) is 0.948. The molecule has 0 radical (unpaired) electrons. The first-order chi connectivity index (χ1) is 31.4. The maximum atomic E-state index is 12.8. The molecule has 380 valence electrons. The van der Waals surface area contributed by atoms with E-state index in [4.69, 9.17) is 14.2 Å². The summed E-state index contributed by atoms with van der Waals surface area (Å²) in [5.74, 6) is 0.0549. The van der Waals surface area contributed by atoms with E-state index in [0.717, 1.165) is 63.7 Å². The van der Waals surface area contributed by atoms with Gasteiger partial charge in [0.1, 0.15) is 13.2 Å². The number of ether oxygens (including phenoxy) is 3. The molecule has 64 heavy (non-hydrogen) atoms. The van der Waals surface area contributed by atoms with Crippen LogP contribution in [0.3, 0.4) is 0 Å². The molecule has 0 aliphatic rings. The van der Waals surface area contributed by atoms with Crippen LogP contribution in [0.1, 0.15) is 329 Å². The molecule has 1 unspecified atom stereocenters. The number of unbranched alkanes of at least 4 members (excludes halogenated alkanes) is 39. The molecule has 6 heteroatoms. The van der Waals surface area contributed by atoms with Gasteiger partial charge in [0, 0.05) is 19.3 Å². The topological polar surface area (TPSA) is 78.9 Å². The first-order valence-corrected chi connectivity index (χ1v) is 28.9. The van der Waals surface area contributed by atoms with Gasteiger partial charge in [0.05, 0.1) is 0 Å². The number of rotatable bonds is 53. The van der Waals surface area contributed by atoms with Crippen LogP contribution in [0.25, 0.3) is 0 Å². The lowest BCUT2D eigenvalue weighted by atomic mass is 9.99. The normalized spacial score (nSPS) is 12.4. The summed E-state index contributed by atoms with van der Waals surface area (Å²) in [6, 6.07) is 0. The van der Waals surface area contributed by atoms with Crippen LogP contribution < -0.4 is 0 Å². The average Bonchev–Trinajstić information content (AvgIpc) is 3.29. The average molecular weight is 906 g/mol. The van der Waals surface area contributed by atoms with Crippen LogP contribution in [-0.4, -0.2) is 37.2 Å². The third-order valence-electron chi connectivity index (χ3n) is 13.7. The summed E-state index contributed by atoms with van der Waals surface area (Å²) in [4.78, 5) is 38.0. The SMILES string of the molecule is CCCCCCCCCCCCCCCCCCCCCC(=O)OC[C@H](COC(=O)CCCCCCCCCCC)OC(=O)CCCCCCCCCCCCCCCCC(C)CC. The quantitative estimate of drug-likeness (QED) is 0.0344. The van der Waals surface area contributed by atoms with Gasteiger partial charge in [0.2, 0.25) is 0 Å². The fourth-order valence-electron chi connectivity index (χ4n) is 8.89. The third kappa shape index (κ3) is 49.8. The minimum atomic E-state index is -0.761. The second kappa shape index (κ2) is 52.4. The smallest absolute Gasteiger partial charge is 0.306 e. The summed E-state index contributed by atoms with van der Waals surface area (Å²) in [5, 5.41) is 0. The Labute approximate surface area is 399 Å². The Bertz CT molecular complexity index is 966. The molecular formula is C58H112O6. The van der Waals surface area contributed by atoms with Gasteiger partial charge >= 0.3 is 17.9 Å². The molecule has 0 saturated heterocycles. The Morgan fingerprint density at radius 3 is 0.812 bits per heavy atom. The number of carbonyl (C=O) groups excluding carboxylic acids is 3. The maximum absolute atomic E-state index is 12.8. The van der Waals surface area contributed by atoms with E-state index in [1.54, 1.807) is 0 Å². The molecule has 0 fully saturated rings. The number of carbonyl (C=O) groups is 3. The first-order valence-electron chi connectivity index (χ1n) is 28.9. The van der Waals surface area contributed by atoms with Crippen LogP contribution >= 0.6 is 0 Å². The van der Waals surface area contributed by atoms with Crippen LogP contribution in [0.2, 0.25) is 0 Å². The molecule has 0 aromatic rings. The van der Waals surface area contributed by atoms with Gasteiger partial charge in [-0.15, -0.1) is 0 Å². The minimum Gasteiger partial charge on any atom is -0.462 e. The largest absolute Gasteiger partial charge is 0.462 e. The van der Waals surface area contributed by atoms with Crippen molar-refractivity contribution in [1.29, 1.82) is 0 Å². The van der Waals surface area contributed by atoms with Crippen LogP contribution in [-0.2, 0) is 28.6 Å². The Balaban J connectivity index is 4.21. The highest BCUT2D eigenvalue weighted by atomic mass is 16.6. The summed E-state index contributed by atoms with van der Waals surface area (Å²) < 4.78 is 16.8. The molecule has 0 saturated carbocycles. The molecule has 0 aromatic heterocycles. The van der Waals surface area contributed by atoms with E-state index in [1.165, 1.54) is 225 Å². The molecule has 0 heterocycles. The molecule has 0 aliphatic heterocycles. The third-order valence-corrected chi connectivity index (χ3v) is 13.7. The van der Waals surface area contributed by atoms with Gasteiger partial charge in [-0.1, -0.05) is 291 Å². The molecular weight excluding hydrogens is 793 g/mol. The van der Waals surface area contributed by atoms with Crippen molar-refractivity contribution in [2.75, 3.05) is 13.2 Å². The fourth-order valence-corrected chi connectivity index (χ4v) is 8.89.